The van der Waals surface area contributed by atoms with Crippen LogP contribution in [0.3, 0.4) is 0 Å². The van der Waals surface area contributed by atoms with Crippen LogP contribution >= 0.6 is 0 Å². The Bertz CT molecular complexity index is 341. The van der Waals surface area contributed by atoms with Gasteiger partial charge < -0.3 is 15.4 Å². The summed E-state index contributed by atoms with van der Waals surface area (Å²) in [4.78, 5) is 6.70. The van der Waals surface area contributed by atoms with E-state index >= 15 is 0 Å². The third-order valence-corrected chi connectivity index (χ3v) is 2.64. The molecule has 82 valence electrons. The molecule has 0 saturated carbocycles. The van der Waals surface area contributed by atoms with Gasteiger partial charge in [-0.15, -0.1) is 0 Å². The van der Waals surface area contributed by atoms with Crippen molar-refractivity contribution < 1.29 is 4.74 Å². The Hall–Kier alpha value is -1.13. The Morgan fingerprint density at radius 3 is 3.13 bits per heavy atom. The van der Waals surface area contributed by atoms with E-state index in [2.05, 4.69) is 16.0 Å². The highest BCUT2D eigenvalue weighted by atomic mass is 16.5. The first-order chi connectivity index (χ1) is 7.31. The maximum atomic E-state index is 5.48. The van der Waals surface area contributed by atoms with Crippen LogP contribution < -0.4 is 10.6 Å². The molecule has 4 heteroatoms. The molecule has 0 fully saturated rings. The lowest BCUT2D eigenvalue weighted by Gasteiger charge is -2.18. The van der Waals surface area contributed by atoms with Gasteiger partial charge in [0.15, 0.2) is 0 Å². The Morgan fingerprint density at radius 2 is 2.33 bits per heavy atom. The predicted molar refractivity (Wildman–Crippen MR) is 59.7 cm³/mol. The number of aromatic nitrogens is 1. The number of rotatable bonds is 4. The molecule has 4 nitrogen and oxygen atoms in total. The van der Waals surface area contributed by atoms with Crippen LogP contribution in [0.25, 0.3) is 0 Å². The van der Waals surface area contributed by atoms with Crippen molar-refractivity contribution in [3.63, 3.8) is 0 Å². The van der Waals surface area contributed by atoms with Crippen molar-refractivity contribution in [1.82, 2.24) is 4.98 Å². The first kappa shape index (κ1) is 10.4. The second-order valence-electron chi connectivity index (χ2n) is 3.83. The smallest absolute Gasteiger partial charge is 0.128 e. The van der Waals surface area contributed by atoms with Gasteiger partial charge in [0.1, 0.15) is 5.82 Å². The molecule has 0 amide bonds. The van der Waals surface area contributed by atoms with E-state index in [0.717, 1.165) is 31.0 Å². The molecule has 0 bridgehead atoms. The summed E-state index contributed by atoms with van der Waals surface area (Å²) in [6.45, 7) is 3.02. The molecule has 0 unspecified atom stereocenters. The maximum Gasteiger partial charge on any atom is 0.128 e. The molecule has 1 aromatic heterocycles. The van der Waals surface area contributed by atoms with Crippen LogP contribution in [0, 0.1) is 0 Å². The van der Waals surface area contributed by atoms with Gasteiger partial charge in [0.05, 0.1) is 18.9 Å². The van der Waals surface area contributed by atoms with E-state index in [-0.39, 0.29) is 0 Å². The normalized spacial score (nSPS) is 14.0. The van der Waals surface area contributed by atoms with Crippen LogP contribution in [0.1, 0.15) is 17.7 Å². The summed E-state index contributed by atoms with van der Waals surface area (Å²) in [6.07, 6.45) is 0.992. The molecule has 1 aliphatic heterocycles. The molecule has 2 N–H and O–H groups in total. The van der Waals surface area contributed by atoms with Gasteiger partial charge >= 0.3 is 0 Å². The molecule has 0 radical (unpaired) electrons. The van der Waals surface area contributed by atoms with Crippen LogP contribution in [0.2, 0.25) is 0 Å². The molecule has 0 aliphatic carbocycles. The summed E-state index contributed by atoms with van der Waals surface area (Å²) in [6, 6.07) is 4.15. The zero-order chi connectivity index (χ0) is 10.7. The topological polar surface area (TPSA) is 51.4 Å². The number of nitrogens with zero attached hydrogens (tertiary/aromatic N) is 2. The Balaban J connectivity index is 2.08. The Morgan fingerprint density at radius 1 is 1.47 bits per heavy atom. The Kier molecular flexibility index (Phi) is 3.18. The SMILES string of the molecule is CN(CCCN)c1ccc2c(n1)COC2. The van der Waals surface area contributed by atoms with Crippen LogP contribution in [0.4, 0.5) is 5.82 Å². The van der Waals surface area contributed by atoms with Crippen LogP contribution in [0.15, 0.2) is 12.1 Å². The highest BCUT2D eigenvalue weighted by Gasteiger charge is 2.13. The van der Waals surface area contributed by atoms with E-state index in [9.17, 15) is 0 Å². The van der Waals surface area contributed by atoms with Gasteiger partial charge in [0, 0.05) is 19.2 Å². The molecular formula is C11H17N3O. The van der Waals surface area contributed by atoms with E-state index in [1.807, 2.05) is 13.1 Å². The standard InChI is InChI=1S/C11H17N3O/c1-14(6-2-5-12)11-4-3-9-7-15-8-10(9)13-11/h3-4H,2,5-8,12H2,1H3. The van der Waals surface area contributed by atoms with Gasteiger partial charge in [-0.25, -0.2) is 4.98 Å². The molecule has 0 atom stereocenters. The molecule has 0 spiro atoms. The largest absolute Gasteiger partial charge is 0.370 e. The fourth-order valence-electron chi connectivity index (χ4n) is 1.69. The van der Waals surface area contributed by atoms with Crippen molar-refractivity contribution in [2.45, 2.75) is 19.6 Å². The fraction of sp³-hybridized carbons (Fsp3) is 0.545. The van der Waals surface area contributed by atoms with Gasteiger partial charge in [-0.3, -0.25) is 0 Å². The predicted octanol–water partition coefficient (Wildman–Crippen LogP) is 0.897. The van der Waals surface area contributed by atoms with Gasteiger partial charge in [-0.05, 0) is 19.0 Å². The van der Waals surface area contributed by atoms with E-state index in [1.165, 1.54) is 5.56 Å². The minimum atomic E-state index is 0.647. The van der Waals surface area contributed by atoms with Crippen molar-refractivity contribution in [2.75, 3.05) is 25.0 Å². The maximum absolute atomic E-state index is 5.48. The van der Waals surface area contributed by atoms with E-state index < -0.39 is 0 Å². The van der Waals surface area contributed by atoms with Crippen molar-refractivity contribution in [3.05, 3.63) is 23.4 Å². The fourth-order valence-corrected chi connectivity index (χ4v) is 1.69. The summed E-state index contributed by atoms with van der Waals surface area (Å²) in [5, 5.41) is 0. The van der Waals surface area contributed by atoms with Crippen LogP contribution in [-0.4, -0.2) is 25.1 Å². The third-order valence-electron chi connectivity index (χ3n) is 2.64. The number of nitrogens with two attached hydrogens (primary N) is 1. The van der Waals surface area contributed by atoms with E-state index in [1.54, 1.807) is 0 Å². The lowest BCUT2D eigenvalue weighted by Crippen LogP contribution is -2.22. The second kappa shape index (κ2) is 4.59. The number of ether oxygens (including phenoxy) is 1. The van der Waals surface area contributed by atoms with Crippen molar-refractivity contribution in [3.8, 4) is 0 Å². The van der Waals surface area contributed by atoms with Crippen molar-refractivity contribution in [1.29, 1.82) is 0 Å². The summed E-state index contributed by atoms with van der Waals surface area (Å²) >= 11 is 0. The quantitative estimate of drug-likeness (QED) is 0.797. The average Bonchev–Trinajstić information content (AvgIpc) is 2.72. The van der Waals surface area contributed by atoms with Gasteiger partial charge in [0.25, 0.3) is 0 Å². The average molecular weight is 207 g/mol. The summed E-state index contributed by atoms with van der Waals surface area (Å²) in [7, 11) is 2.04. The highest BCUT2D eigenvalue weighted by Crippen LogP contribution is 2.20. The highest BCUT2D eigenvalue weighted by molar-refractivity contribution is 5.41. The number of pyridine rings is 1. The summed E-state index contributed by atoms with van der Waals surface area (Å²) in [5.74, 6) is 1.01. The van der Waals surface area contributed by atoms with Gasteiger partial charge in [0.2, 0.25) is 0 Å². The van der Waals surface area contributed by atoms with E-state index in [0.29, 0.717) is 13.2 Å². The lowest BCUT2D eigenvalue weighted by molar-refractivity contribution is 0.133. The lowest BCUT2D eigenvalue weighted by atomic mass is 10.2. The molecule has 1 aromatic rings. The number of hydrogen-bond acceptors (Lipinski definition) is 4. The minimum Gasteiger partial charge on any atom is -0.370 e. The minimum absolute atomic E-state index is 0.647. The molecular weight excluding hydrogens is 190 g/mol. The molecule has 2 rings (SSSR count). The van der Waals surface area contributed by atoms with Crippen molar-refractivity contribution >= 4 is 5.82 Å². The monoisotopic (exact) mass is 207 g/mol. The summed E-state index contributed by atoms with van der Waals surface area (Å²) in [5.41, 5.74) is 7.77. The second-order valence-corrected chi connectivity index (χ2v) is 3.83. The van der Waals surface area contributed by atoms with Crippen molar-refractivity contribution in [2.24, 2.45) is 5.73 Å². The molecule has 1 aliphatic rings. The number of hydrogen-bond donors (Lipinski definition) is 1. The molecule has 0 saturated heterocycles. The Labute approximate surface area is 90.0 Å². The first-order valence-electron chi connectivity index (χ1n) is 5.29. The molecule has 15 heavy (non-hydrogen) atoms. The summed E-state index contributed by atoms with van der Waals surface area (Å²) < 4.78 is 5.33. The third kappa shape index (κ3) is 2.27. The van der Waals surface area contributed by atoms with Gasteiger partial charge in [-0.1, -0.05) is 6.07 Å². The number of anilines is 1. The van der Waals surface area contributed by atoms with Crippen LogP contribution in [-0.2, 0) is 18.0 Å². The molecule has 0 aromatic carbocycles. The number of fused-ring (bicyclic) bond motifs is 1. The van der Waals surface area contributed by atoms with Gasteiger partial charge in [-0.2, -0.15) is 0 Å². The first-order valence-corrected chi connectivity index (χ1v) is 5.29. The molecule has 2 heterocycles. The zero-order valence-corrected chi connectivity index (χ0v) is 9.07. The van der Waals surface area contributed by atoms with Crippen LogP contribution in [0.5, 0.6) is 0 Å². The zero-order valence-electron chi connectivity index (χ0n) is 9.07. The van der Waals surface area contributed by atoms with E-state index in [4.69, 9.17) is 10.5 Å².